The van der Waals surface area contributed by atoms with Crippen molar-refractivity contribution < 1.29 is 22.7 Å². The lowest BCUT2D eigenvalue weighted by molar-refractivity contribution is -0.122. The smallest absolute Gasteiger partial charge is 0.261 e. The number of amides is 2. The third-order valence-corrected chi connectivity index (χ3v) is 5.22. The quantitative estimate of drug-likeness (QED) is 0.619. The number of hydrogen-bond donors (Lipinski definition) is 3. The van der Waals surface area contributed by atoms with E-state index >= 15 is 0 Å². The highest BCUT2D eigenvalue weighted by Crippen LogP contribution is 2.20. The van der Waals surface area contributed by atoms with Crippen LogP contribution in [0.15, 0.2) is 53.4 Å². The largest absolute Gasteiger partial charge is 0.497 e. The zero-order chi connectivity index (χ0) is 20.7. The van der Waals surface area contributed by atoms with Crippen LogP contribution >= 0.6 is 0 Å². The maximum absolute atomic E-state index is 12.6. The van der Waals surface area contributed by atoms with E-state index in [0.29, 0.717) is 18.0 Å². The Kier molecular flexibility index (Phi) is 7.00. The second-order valence-corrected chi connectivity index (χ2v) is 7.63. The van der Waals surface area contributed by atoms with Crippen molar-refractivity contribution in [2.45, 2.75) is 24.8 Å². The van der Waals surface area contributed by atoms with E-state index in [1.54, 1.807) is 38.1 Å². The summed E-state index contributed by atoms with van der Waals surface area (Å²) in [6, 6.07) is 11.2. The summed E-state index contributed by atoms with van der Waals surface area (Å²) < 4.78 is 32.7. The molecule has 8 nitrogen and oxygen atoms in total. The minimum atomic E-state index is -3.89. The van der Waals surface area contributed by atoms with Crippen LogP contribution in [-0.4, -0.2) is 39.9 Å². The van der Waals surface area contributed by atoms with Crippen LogP contribution in [0.5, 0.6) is 5.75 Å². The number of ether oxygens (including phenoxy) is 1. The second-order valence-electron chi connectivity index (χ2n) is 5.95. The molecule has 0 aliphatic heterocycles. The van der Waals surface area contributed by atoms with E-state index in [1.165, 1.54) is 31.4 Å². The molecule has 28 heavy (non-hydrogen) atoms. The number of methoxy groups -OCH3 is 1. The summed E-state index contributed by atoms with van der Waals surface area (Å²) in [7, 11) is -2.38. The molecule has 0 heterocycles. The Morgan fingerprint density at radius 3 is 2.39 bits per heavy atom. The Bertz CT molecular complexity index is 942. The normalized spacial score (nSPS) is 12.0. The van der Waals surface area contributed by atoms with Gasteiger partial charge in [-0.3, -0.25) is 14.3 Å². The van der Waals surface area contributed by atoms with E-state index in [1.807, 2.05) is 0 Å². The fourth-order valence-electron chi connectivity index (χ4n) is 2.35. The minimum absolute atomic E-state index is 0.0679. The van der Waals surface area contributed by atoms with Gasteiger partial charge in [-0.2, -0.15) is 0 Å². The van der Waals surface area contributed by atoms with Crippen LogP contribution in [-0.2, 0) is 14.8 Å². The molecule has 2 aromatic carbocycles. The molecule has 0 aromatic heterocycles. The predicted molar refractivity (Wildman–Crippen MR) is 106 cm³/mol. The first kappa shape index (κ1) is 21.2. The number of anilines is 1. The van der Waals surface area contributed by atoms with E-state index < -0.39 is 22.0 Å². The summed E-state index contributed by atoms with van der Waals surface area (Å²) in [6.07, 6.45) is 0. The summed E-state index contributed by atoms with van der Waals surface area (Å²) in [5.74, 6) is -0.260. The average Bonchev–Trinajstić information content (AvgIpc) is 2.68. The van der Waals surface area contributed by atoms with E-state index in [2.05, 4.69) is 15.4 Å². The highest BCUT2D eigenvalue weighted by atomic mass is 32.2. The van der Waals surface area contributed by atoms with Gasteiger partial charge >= 0.3 is 0 Å². The van der Waals surface area contributed by atoms with Crippen LogP contribution in [0.3, 0.4) is 0 Å². The van der Waals surface area contributed by atoms with Crippen molar-refractivity contribution in [3.63, 3.8) is 0 Å². The lowest BCUT2D eigenvalue weighted by Gasteiger charge is -2.14. The monoisotopic (exact) mass is 405 g/mol. The maximum atomic E-state index is 12.6. The number of hydrogen-bond acceptors (Lipinski definition) is 5. The Morgan fingerprint density at radius 1 is 1.11 bits per heavy atom. The van der Waals surface area contributed by atoms with Crippen molar-refractivity contribution in [1.29, 1.82) is 0 Å². The van der Waals surface area contributed by atoms with Gasteiger partial charge in [-0.1, -0.05) is 6.07 Å². The van der Waals surface area contributed by atoms with Gasteiger partial charge in [0.15, 0.2) is 0 Å². The third-order valence-electron chi connectivity index (χ3n) is 3.84. The van der Waals surface area contributed by atoms with Crippen LogP contribution in [0.2, 0.25) is 0 Å². The molecule has 0 saturated heterocycles. The minimum Gasteiger partial charge on any atom is -0.497 e. The number of likely N-dealkylation sites (N-methyl/N-ethyl adjacent to an activating group) is 1. The molecule has 0 bridgehead atoms. The van der Waals surface area contributed by atoms with Gasteiger partial charge in [0.25, 0.3) is 15.9 Å². The molecule has 0 saturated carbocycles. The van der Waals surface area contributed by atoms with Gasteiger partial charge < -0.3 is 15.4 Å². The molecule has 2 aromatic rings. The molecule has 3 N–H and O–H groups in total. The summed E-state index contributed by atoms with van der Waals surface area (Å²) in [6.45, 7) is 3.77. The van der Waals surface area contributed by atoms with E-state index in [0.717, 1.165) is 0 Å². The number of carbonyl (C=O) groups is 2. The molecule has 0 aliphatic rings. The van der Waals surface area contributed by atoms with Gasteiger partial charge in [0, 0.05) is 17.8 Å². The fourth-order valence-corrected chi connectivity index (χ4v) is 3.45. The van der Waals surface area contributed by atoms with Crippen molar-refractivity contribution in [2.24, 2.45) is 0 Å². The van der Waals surface area contributed by atoms with Crippen molar-refractivity contribution >= 4 is 27.5 Å². The fraction of sp³-hybridized carbons (Fsp3) is 0.263. The Morgan fingerprint density at radius 2 is 1.79 bits per heavy atom. The lowest BCUT2D eigenvalue weighted by Crippen LogP contribution is -2.44. The van der Waals surface area contributed by atoms with Gasteiger partial charge in [-0.25, -0.2) is 8.42 Å². The van der Waals surface area contributed by atoms with Crippen LogP contribution < -0.4 is 20.1 Å². The molecular weight excluding hydrogens is 382 g/mol. The van der Waals surface area contributed by atoms with E-state index in [9.17, 15) is 18.0 Å². The molecule has 9 heteroatoms. The highest BCUT2D eigenvalue weighted by Gasteiger charge is 2.19. The number of rotatable bonds is 8. The number of benzene rings is 2. The van der Waals surface area contributed by atoms with Crippen LogP contribution in [0.4, 0.5) is 5.69 Å². The first-order chi connectivity index (χ1) is 13.3. The molecule has 0 aliphatic carbocycles. The van der Waals surface area contributed by atoms with Crippen LogP contribution in [0.25, 0.3) is 0 Å². The average molecular weight is 405 g/mol. The SMILES string of the molecule is CCNC(=O)[C@H](C)NC(=O)c1cccc(S(=O)(=O)Nc2ccc(OC)cc2)c1. The molecule has 0 unspecified atom stereocenters. The summed E-state index contributed by atoms with van der Waals surface area (Å²) in [4.78, 5) is 24.0. The van der Waals surface area contributed by atoms with E-state index in [4.69, 9.17) is 4.74 Å². The maximum Gasteiger partial charge on any atom is 0.261 e. The van der Waals surface area contributed by atoms with Gasteiger partial charge in [-0.15, -0.1) is 0 Å². The topological polar surface area (TPSA) is 114 Å². The Hall–Kier alpha value is -3.07. The highest BCUT2D eigenvalue weighted by molar-refractivity contribution is 7.92. The molecule has 0 radical (unpaired) electrons. The lowest BCUT2D eigenvalue weighted by atomic mass is 10.2. The molecule has 0 fully saturated rings. The molecular formula is C19H23N3O5S. The predicted octanol–water partition coefficient (Wildman–Crippen LogP) is 1.75. The van der Waals surface area contributed by atoms with Crippen molar-refractivity contribution in [3.05, 3.63) is 54.1 Å². The first-order valence-electron chi connectivity index (χ1n) is 8.62. The van der Waals surface area contributed by atoms with Crippen molar-refractivity contribution in [1.82, 2.24) is 10.6 Å². The number of sulfonamides is 1. The standard InChI is InChI=1S/C19H23N3O5S/c1-4-20-18(23)13(2)21-19(24)14-6-5-7-17(12-14)28(25,26)22-15-8-10-16(27-3)11-9-15/h5-13,22H,4H2,1-3H3,(H,20,23)(H,21,24)/t13-/m0/s1. The number of carbonyl (C=O) groups excluding carboxylic acids is 2. The summed E-state index contributed by atoms with van der Waals surface area (Å²) in [5.41, 5.74) is 0.495. The molecule has 2 amide bonds. The van der Waals surface area contributed by atoms with Crippen molar-refractivity contribution in [2.75, 3.05) is 18.4 Å². The van der Waals surface area contributed by atoms with Crippen LogP contribution in [0, 0.1) is 0 Å². The third kappa shape index (κ3) is 5.46. The van der Waals surface area contributed by atoms with Crippen molar-refractivity contribution in [3.8, 4) is 5.75 Å². The van der Waals surface area contributed by atoms with E-state index in [-0.39, 0.29) is 16.4 Å². The van der Waals surface area contributed by atoms with Gasteiger partial charge in [0.2, 0.25) is 5.91 Å². The van der Waals surface area contributed by atoms with Crippen LogP contribution in [0.1, 0.15) is 24.2 Å². The Labute approximate surface area is 164 Å². The summed E-state index contributed by atoms with van der Waals surface area (Å²) in [5, 5.41) is 5.15. The molecule has 0 spiro atoms. The van der Waals surface area contributed by atoms with Gasteiger partial charge in [0.1, 0.15) is 11.8 Å². The van der Waals surface area contributed by atoms with Gasteiger partial charge in [-0.05, 0) is 56.3 Å². The summed E-state index contributed by atoms with van der Waals surface area (Å²) >= 11 is 0. The molecule has 1 atom stereocenters. The second kappa shape index (κ2) is 9.23. The zero-order valence-electron chi connectivity index (χ0n) is 15.9. The van der Waals surface area contributed by atoms with Gasteiger partial charge in [0.05, 0.1) is 12.0 Å². The zero-order valence-corrected chi connectivity index (χ0v) is 16.7. The number of nitrogens with one attached hydrogen (secondary N) is 3. The first-order valence-corrected chi connectivity index (χ1v) is 10.1. The molecule has 150 valence electrons. The Balaban J connectivity index is 2.16. The molecule has 2 rings (SSSR count).